The number of ether oxygens (including phenoxy) is 1. The lowest BCUT2D eigenvalue weighted by Crippen LogP contribution is -2.36. The standard InChI is InChI=1S/C22H26N4O2S/c1-26-20(24-25-22(26)29-2)14-16-8-10-19(11-9-16)27-13-12-18-15-28-21(23-18)17-6-4-3-5-7-17/h3-11,15,20,22,24-25H,12-14H2,1-2H3. The summed E-state index contributed by atoms with van der Waals surface area (Å²) in [5.74, 6) is 1.52. The van der Waals surface area contributed by atoms with Crippen LogP contribution < -0.4 is 15.6 Å². The molecule has 2 atom stereocenters. The number of nitrogens with zero attached hydrogens (tertiary/aromatic N) is 2. The molecule has 1 aliphatic heterocycles. The van der Waals surface area contributed by atoms with Crippen molar-refractivity contribution in [2.45, 2.75) is 24.5 Å². The third-order valence-corrected chi connectivity index (χ3v) is 5.91. The number of oxazole rings is 1. The smallest absolute Gasteiger partial charge is 0.226 e. The van der Waals surface area contributed by atoms with Crippen molar-refractivity contribution in [1.82, 2.24) is 20.7 Å². The Morgan fingerprint density at radius 3 is 2.62 bits per heavy atom. The summed E-state index contributed by atoms with van der Waals surface area (Å²) in [7, 11) is 2.13. The minimum atomic E-state index is 0.283. The summed E-state index contributed by atoms with van der Waals surface area (Å²) in [4.78, 5) is 6.84. The summed E-state index contributed by atoms with van der Waals surface area (Å²) in [5.41, 5.74) is 10.1. The first-order valence-corrected chi connectivity index (χ1v) is 11.0. The number of aromatic nitrogens is 1. The predicted octanol–water partition coefficient (Wildman–Crippen LogP) is 3.52. The predicted molar refractivity (Wildman–Crippen MR) is 116 cm³/mol. The lowest BCUT2D eigenvalue weighted by Gasteiger charge is -2.22. The van der Waals surface area contributed by atoms with E-state index in [1.54, 1.807) is 18.0 Å². The second-order valence-corrected chi connectivity index (χ2v) is 7.93. The van der Waals surface area contributed by atoms with Crippen molar-refractivity contribution >= 4 is 11.8 Å². The SMILES string of the molecule is CSC1NNC(Cc2ccc(OCCc3coc(-c4ccccc4)n3)cc2)N1C. The number of benzene rings is 2. The van der Waals surface area contributed by atoms with E-state index in [0.29, 0.717) is 24.4 Å². The summed E-state index contributed by atoms with van der Waals surface area (Å²) in [6.45, 7) is 0.562. The Kier molecular flexibility index (Phi) is 6.51. The lowest BCUT2D eigenvalue weighted by molar-refractivity contribution is 0.278. The van der Waals surface area contributed by atoms with Crippen molar-refractivity contribution in [2.75, 3.05) is 19.9 Å². The molecule has 2 N–H and O–H groups in total. The highest BCUT2D eigenvalue weighted by molar-refractivity contribution is 7.99. The van der Waals surface area contributed by atoms with Gasteiger partial charge in [-0.2, -0.15) is 0 Å². The molecule has 152 valence electrons. The zero-order valence-corrected chi connectivity index (χ0v) is 17.5. The quantitative estimate of drug-likeness (QED) is 0.589. The van der Waals surface area contributed by atoms with E-state index in [2.05, 4.69) is 46.2 Å². The molecule has 4 rings (SSSR count). The first kappa shape index (κ1) is 20.0. The first-order valence-electron chi connectivity index (χ1n) is 9.70. The van der Waals surface area contributed by atoms with Gasteiger partial charge in [0, 0.05) is 18.4 Å². The highest BCUT2D eigenvalue weighted by Crippen LogP contribution is 2.20. The first-order chi connectivity index (χ1) is 14.2. The molecule has 0 spiro atoms. The van der Waals surface area contributed by atoms with Gasteiger partial charge < -0.3 is 9.15 Å². The molecule has 2 unspecified atom stereocenters. The monoisotopic (exact) mass is 410 g/mol. The van der Waals surface area contributed by atoms with Gasteiger partial charge in [0.05, 0.1) is 18.5 Å². The average molecular weight is 411 g/mol. The third-order valence-electron chi connectivity index (χ3n) is 5.01. The fourth-order valence-corrected chi connectivity index (χ4v) is 3.97. The summed E-state index contributed by atoms with van der Waals surface area (Å²) in [6, 6.07) is 18.2. The molecule has 0 amide bonds. The third kappa shape index (κ3) is 5.00. The van der Waals surface area contributed by atoms with Crippen LogP contribution in [0.25, 0.3) is 11.5 Å². The van der Waals surface area contributed by atoms with Crippen LogP contribution in [0.4, 0.5) is 0 Å². The van der Waals surface area contributed by atoms with E-state index < -0.39 is 0 Å². The van der Waals surface area contributed by atoms with Gasteiger partial charge >= 0.3 is 0 Å². The molecular formula is C22H26N4O2S. The Hall–Kier alpha value is -2.32. The summed E-state index contributed by atoms with van der Waals surface area (Å²) < 4.78 is 11.5. The van der Waals surface area contributed by atoms with E-state index in [4.69, 9.17) is 9.15 Å². The molecule has 0 saturated carbocycles. The maximum absolute atomic E-state index is 5.88. The van der Waals surface area contributed by atoms with Crippen LogP contribution in [0.3, 0.4) is 0 Å². The molecule has 1 aromatic heterocycles. The number of hydrogen-bond donors (Lipinski definition) is 2. The second kappa shape index (κ2) is 9.45. The second-order valence-electron chi connectivity index (χ2n) is 7.01. The molecule has 7 heteroatoms. The van der Waals surface area contributed by atoms with E-state index >= 15 is 0 Å². The topological polar surface area (TPSA) is 62.6 Å². The number of likely N-dealkylation sites (N-methyl/N-ethyl adjacent to an activating group) is 1. The molecule has 29 heavy (non-hydrogen) atoms. The van der Waals surface area contributed by atoms with E-state index in [1.807, 2.05) is 42.5 Å². The molecular weight excluding hydrogens is 384 g/mol. The zero-order valence-electron chi connectivity index (χ0n) is 16.7. The Bertz CT molecular complexity index is 901. The number of hydrogen-bond acceptors (Lipinski definition) is 7. The van der Waals surface area contributed by atoms with Crippen LogP contribution in [0.2, 0.25) is 0 Å². The van der Waals surface area contributed by atoms with Gasteiger partial charge in [0.1, 0.15) is 17.5 Å². The Balaban J connectivity index is 1.25. The number of rotatable bonds is 8. The van der Waals surface area contributed by atoms with Crippen LogP contribution in [0, 0.1) is 0 Å². The van der Waals surface area contributed by atoms with Crippen molar-refractivity contribution in [3.63, 3.8) is 0 Å². The van der Waals surface area contributed by atoms with Gasteiger partial charge in [-0.3, -0.25) is 4.90 Å². The summed E-state index contributed by atoms with van der Waals surface area (Å²) in [6.07, 6.45) is 5.73. The van der Waals surface area contributed by atoms with E-state index in [-0.39, 0.29) is 6.17 Å². The van der Waals surface area contributed by atoms with Gasteiger partial charge in [0.2, 0.25) is 5.89 Å². The van der Waals surface area contributed by atoms with Gasteiger partial charge in [0.25, 0.3) is 0 Å². The normalized spacial score (nSPS) is 19.5. The van der Waals surface area contributed by atoms with Crippen LogP contribution in [-0.2, 0) is 12.8 Å². The number of thioether (sulfide) groups is 1. The number of hydrazine groups is 1. The largest absolute Gasteiger partial charge is 0.493 e. The fraction of sp³-hybridized carbons (Fsp3) is 0.318. The van der Waals surface area contributed by atoms with Gasteiger partial charge in [-0.05, 0) is 43.1 Å². The molecule has 0 aliphatic carbocycles. The van der Waals surface area contributed by atoms with E-state index in [9.17, 15) is 0 Å². The van der Waals surface area contributed by atoms with Gasteiger partial charge in [-0.15, -0.1) is 11.8 Å². The molecule has 2 aromatic carbocycles. The molecule has 3 aromatic rings. The Morgan fingerprint density at radius 1 is 1.10 bits per heavy atom. The molecule has 6 nitrogen and oxygen atoms in total. The van der Waals surface area contributed by atoms with Crippen LogP contribution in [0.5, 0.6) is 5.75 Å². The molecule has 1 fully saturated rings. The summed E-state index contributed by atoms with van der Waals surface area (Å²) >= 11 is 1.79. The molecule has 0 radical (unpaired) electrons. The minimum Gasteiger partial charge on any atom is -0.493 e. The van der Waals surface area contributed by atoms with Gasteiger partial charge in [-0.1, -0.05) is 30.3 Å². The van der Waals surface area contributed by atoms with Crippen LogP contribution >= 0.6 is 11.8 Å². The summed E-state index contributed by atoms with van der Waals surface area (Å²) in [5, 5.41) is 0. The molecule has 0 bridgehead atoms. The van der Waals surface area contributed by atoms with Gasteiger partial charge in [-0.25, -0.2) is 15.8 Å². The fourth-order valence-electron chi connectivity index (χ4n) is 3.31. The maximum atomic E-state index is 5.88. The van der Waals surface area contributed by atoms with Gasteiger partial charge in [0.15, 0.2) is 0 Å². The molecule has 1 saturated heterocycles. The van der Waals surface area contributed by atoms with Crippen molar-refractivity contribution < 1.29 is 9.15 Å². The van der Waals surface area contributed by atoms with E-state index in [1.165, 1.54) is 5.56 Å². The van der Waals surface area contributed by atoms with Crippen LogP contribution in [0.1, 0.15) is 11.3 Å². The Morgan fingerprint density at radius 2 is 1.90 bits per heavy atom. The van der Waals surface area contributed by atoms with E-state index in [0.717, 1.165) is 23.4 Å². The van der Waals surface area contributed by atoms with Crippen LogP contribution in [-0.4, -0.2) is 41.5 Å². The van der Waals surface area contributed by atoms with Crippen molar-refractivity contribution in [1.29, 1.82) is 0 Å². The number of nitrogens with one attached hydrogen (secondary N) is 2. The maximum Gasteiger partial charge on any atom is 0.226 e. The zero-order chi connectivity index (χ0) is 20.1. The highest BCUT2D eigenvalue weighted by atomic mass is 32.2. The van der Waals surface area contributed by atoms with Crippen molar-refractivity contribution in [3.05, 3.63) is 72.1 Å². The molecule has 2 heterocycles. The van der Waals surface area contributed by atoms with Crippen LogP contribution in [0.15, 0.2) is 65.3 Å². The van der Waals surface area contributed by atoms with Crippen molar-refractivity contribution in [2.24, 2.45) is 0 Å². The highest BCUT2D eigenvalue weighted by Gasteiger charge is 2.28. The average Bonchev–Trinajstić information content (AvgIpc) is 3.37. The lowest BCUT2D eigenvalue weighted by atomic mass is 10.1. The molecule has 1 aliphatic rings. The minimum absolute atomic E-state index is 0.283. The van der Waals surface area contributed by atoms with Crippen molar-refractivity contribution in [3.8, 4) is 17.2 Å². The Labute approximate surface area is 175 Å².